The molecule has 0 atom stereocenters. The lowest BCUT2D eigenvalue weighted by Crippen LogP contribution is -2.00. The second-order valence-electron chi connectivity index (χ2n) is 2.30. The van der Waals surface area contributed by atoms with Crippen LogP contribution in [-0.4, -0.2) is 23.6 Å². The monoisotopic (exact) mass is 199 g/mol. The van der Waals surface area contributed by atoms with E-state index in [2.05, 4.69) is 6.07 Å². The van der Waals surface area contributed by atoms with E-state index >= 15 is 0 Å². The van der Waals surface area contributed by atoms with Gasteiger partial charge in [0.25, 0.3) is 0 Å². The van der Waals surface area contributed by atoms with Crippen LogP contribution in [0.15, 0.2) is 18.2 Å². The second kappa shape index (κ2) is 4.72. The van der Waals surface area contributed by atoms with E-state index in [1.807, 2.05) is 0 Å². The highest BCUT2D eigenvalue weighted by Crippen LogP contribution is 2.12. The van der Waals surface area contributed by atoms with Crippen LogP contribution >= 0.6 is 11.6 Å². The molecule has 0 heterocycles. The highest BCUT2D eigenvalue weighted by Gasteiger charge is 2.03. The molecule has 1 aromatic rings. The highest BCUT2D eigenvalue weighted by atomic mass is 35.5. The van der Waals surface area contributed by atoms with Crippen LogP contribution in [-0.2, 0) is 0 Å². The Hall–Kier alpha value is -1.22. The molecule has 0 fully saturated rings. The third kappa shape index (κ3) is 2.95. The van der Waals surface area contributed by atoms with Gasteiger partial charge in [-0.05, 0) is 24.3 Å². The van der Waals surface area contributed by atoms with Gasteiger partial charge in [-0.1, -0.05) is 0 Å². The van der Waals surface area contributed by atoms with Gasteiger partial charge < -0.3 is 9.84 Å². The second-order valence-corrected chi connectivity index (χ2v) is 2.68. The number of rotatable bonds is 4. The van der Waals surface area contributed by atoms with Gasteiger partial charge in [-0.2, -0.15) is 0 Å². The molecule has 13 heavy (non-hydrogen) atoms. The van der Waals surface area contributed by atoms with E-state index in [0.29, 0.717) is 18.2 Å². The minimum atomic E-state index is -0.993. The molecule has 0 amide bonds. The zero-order chi connectivity index (χ0) is 9.68. The van der Waals surface area contributed by atoms with Crippen molar-refractivity contribution < 1.29 is 14.6 Å². The van der Waals surface area contributed by atoms with E-state index in [1.165, 1.54) is 12.1 Å². The predicted molar refractivity (Wildman–Crippen MR) is 48.5 cm³/mol. The number of hydrogen-bond acceptors (Lipinski definition) is 2. The first-order valence-electron chi connectivity index (χ1n) is 3.67. The average Bonchev–Trinajstić information content (AvgIpc) is 2.15. The SMILES string of the molecule is O=C(O)c1c[c]cc(OCCCl)c1. The number of benzene rings is 1. The van der Waals surface area contributed by atoms with Gasteiger partial charge in [0.2, 0.25) is 0 Å². The summed E-state index contributed by atoms with van der Waals surface area (Å²) in [5.74, 6) is -0.148. The van der Waals surface area contributed by atoms with Crippen LogP contribution in [0, 0.1) is 6.07 Å². The summed E-state index contributed by atoms with van der Waals surface area (Å²) in [4.78, 5) is 10.5. The highest BCUT2D eigenvalue weighted by molar-refractivity contribution is 6.18. The smallest absolute Gasteiger partial charge is 0.335 e. The van der Waals surface area contributed by atoms with Crippen molar-refractivity contribution in [1.29, 1.82) is 0 Å². The Morgan fingerprint density at radius 3 is 3.00 bits per heavy atom. The van der Waals surface area contributed by atoms with E-state index in [4.69, 9.17) is 21.4 Å². The minimum Gasteiger partial charge on any atom is -0.492 e. The van der Waals surface area contributed by atoms with Crippen LogP contribution < -0.4 is 4.74 Å². The quantitative estimate of drug-likeness (QED) is 0.753. The van der Waals surface area contributed by atoms with E-state index in [-0.39, 0.29) is 5.56 Å². The molecule has 0 spiro atoms. The molecule has 0 aliphatic heterocycles. The molecule has 3 nitrogen and oxygen atoms in total. The molecule has 0 aliphatic rings. The standard InChI is InChI=1S/C9H8ClO3/c10-4-5-13-8-3-1-2-7(6-8)9(11)12/h2-3,6H,4-5H2,(H,11,12). The van der Waals surface area contributed by atoms with Crippen molar-refractivity contribution in [2.24, 2.45) is 0 Å². The summed E-state index contributed by atoms with van der Waals surface area (Å²) in [6.07, 6.45) is 0. The molecule has 0 unspecified atom stereocenters. The van der Waals surface area contributed by atoms with Crippen molar-refractivity contribution in [2.45, 2.75) is 0 Å². The van der Waals surface area contributed by atoms with E-state index < -0.39 is 5.97 Å². The summed E-state index contributed by atoms with van der Waals surface area (Å²) in [5.41, 5.74) is 0.159. The van der Waals surface area contributed by atoms with Gasteiger partial charge in [-0.15, -0.1) is 11.6 Å². The number of aromatic carboxylic acids is 1. The van der Waals surface area contributed by atoms with E-state index in [9.17, 15) is 4.79 Å². The van der Waals surface area contributed by atoms with Crippen molar-refractivity contribution in [2.75, 3.05) is 12.5 Å². The predicted octanol–water partition coefficient (Wildman–Crippen LogP) is 1.80. The average molecular weight is 200 g/mol. The van der Waals surface area contributed by atoms with Gasteiger partial charge in [-0.25, -0.2) is 4.79 Å². The van der Waals surface area contributed by atoms with Gasteiger partial charge >= 0.3 is 5.97 Å². The van der Waals surface area contributed by atoms with Gasteiger partial charge in [0.1, 0.15) is 12.4 Å². The number of hydrogen-bond donors (Lipinski definition) is 1. The molecule has 1 rings (SSSR count). The Labute approximate surface area is 80.9 Å². The molecule has 0 saturated heterocycles. The minimum absolute atomic E-state index is 0.159. The summed E-state index contributed by atoms with van der Waals surface area (Å²) < 4.78 is 5.12. The molecule has 0 saturated carbocycles. The van der Waals surface area contributed by atoms with Gasteiger partial charge in [0, 0.05) is 0 Å². The van der Waals surface area contributed by atoms with Crippen LogP contribution in [0.25, 0.3) is 0 Å². The Balaban J connectivity index is 2.73. The van der Waals surface area contributed by atoms with E-state index in [0.717, 1.165) is 0 Å². The van der Waals surface area contributed by atoms with Crippen LogP contribution in [0.1, 0.15) is 10.4 Å². The fraction of sp³-hybridized carbons (Fsp3) is 0.222. The van der Waals surface area contributed by atoms with Crippen molar-refractivity contribution in [3.05, 3.63) is 29.8 Å². The van der Waals surface area contributed by atoms with Gasteiger partial charge in [-0.3, -0.25) is 0 Å². The summed E-state index contributed by atoms with van der Waals surface area (Å²) in [6.45, 7) is 0.360. The summed E-state index contributed by atoms with van der Waals surface area (Å²) in [6, 6.07) is 7.06. The molecule has 0 aromatic heterocycles. The molecular weight excluding hydrogens is 192 g/mol. The first-order valence-corrected chi connectivity index (χ1v) is 4.20. The topological polar surface area (TPSA) is 46.5 Å². The third-order valence-electron chi connectivity index (χ3n) is 1.36. The van der Waals surface area contributed by atoms with E-state index in [1.54, 1.807) is 6.07 Å². The van der Waals surface area contributed by atoms with Crippen LogP contribution in [0.2, 0.25) is 0 Å². The fourth-order valence-corrected chi connectivity index (χ4v) is 0.891. The lowest BCUT2D eigenvalue weighted by Gasteiger charge is -2.03. The van der Waals surface area contributed by atoms with Crippen LogP contribution in [0.5, 0.6) is 5.75 Å². The molecular formula is C9H8ClO3. The zero-order valence-electron chi connectivity index (χ0n) is 6.79. The lowest BCUT2D eigenvalue weighted by molar-refractivity contribution is 0.0696. The summed E-state index contributed by atoms with van der Waals surface area (Å²) in [5, 5.41) is 8.63. The first kappa shape index (κ1) is 9.86. The van der Waals surface area contributed by atoms with Crippen LogP contribution in [0.4, 0.5) is 0 Å². The van der Waals surface area contributed by atoms with Crippen molar-refractivity contribution in [3.8, 4) is 5.75 Å². The molecule has 1 N–H and O–H groups in total. The molecule has 0 aliphatic carbocycles. The summed E-state index contributed by atoms with van der Waals surface area (Å²) >= 11 is 5.40. The number of halogens is 1. The molecule has 0 bridgehead atoms. The third-order valence-corrected chi connectivity index (χ3v) is 1.51. The number of carboxylic acids is 1. The Morgan fingerprint density at radius 2 is 2.38 bits per heavy atom. The van der Waals surface area contributed by atoms with Crippen molar-refractivity contribution in [3.63, 3.8) is 0 Å². The van der Waals surface area contributed by atoms with Crippen molar-refractivity contribution in [1.82, 2.24) is 0 Å². The van der Waals surface area contributed by atoms with Gasteiger partial charge in [0.15, 0.2) is 0 Å². The van der Waals surface area contributed by atoms with Crippen LogP contribution in [0.3, 0.4) is 0 Å². The number of alkyl halides is 1. The normalized spacial score (nSPS) is 9.62. The Morgan fingerprint density at radius 1 is 1.62 bits per heavy atom. The van der Waals surface area contributed by atoms with Gasteiger partial charge in [0.05, 0.1) is 11.4 Å². The maximum atomic E-state index is 10.5. The zero-order valence-corrected chi connectivity index (χ0v) is 7.54. The molecule has 1 aromatic carbocycles. The Kier molecular flexibility index (Phi) is 3.58. The number of carbonyl (C=O) groups is 1. The number of ether oxygens (including phenoxy) is 1. The first-order chi connectivity index (χ1) is 6.24. The van der Waals surface area contributed by atoms with Crippen molar-refractivity contribution >= 4 is 17.6 Å². The lowest BCUT2D eigenvalue weighted by atomic mass is 10.2. The number of carboxylic acid groups (broad SMARTS) is 1. The summed E-state index contributed by atoms with van der Waals surface area (Å²) in [7, 11) is 0. The molecule has 69 valence electrons. The fourth-order valence-electron chi connectivity index (χ4n) is 0.813. The Bertz CT molecular complexity index is 299. The molecule has 1 radical (unpaired) electrons. The largest absolute Gasteiger partial charge is 0.492 e. The maximum absolute atomic E-state index is 10.5. The molecule has 4 heteroatoms. The maximum Gasteiger partial charge on any atom is 0.335 e.